The number of morpholine rings is 1. The van der Waals surface area contributed by atoms with E-state index in [0.29, 0.717) is 49.5 Å². The monoisotopic (exact) mass is 550 g/mol. The number of carbonyl (C=O) groups is 1. The van der Waals surface area contributed by atoms with Gasteiger partial charge in [0, 0.05) is 56.4 Å². The average Bonchev–Trinajstić information content (AvgIpc) is 3.46. The molecule has 6 rings (SSSR count). The average molecular weight is 551 g/mol. The van der Waals surface area contributed by atoms with Crippen LogP contribution in [0.2, 0.25) is 0 Å². The fourth-order valence-corrected chi connectivity index (χ4v) is 5.73. The molecule has 1 N–H and O–H groups in total. The minimum atomic E-state index is -0.504. The first-order chi connectivity index (χ1) is 19.3. The summed E-state index contributed by atoms with van der Waals surface area (Å²) in [5.41, 5.74) is 2.24. The van der Waals surface area contributed by atoms with E-state index in [1.807, 2.05) is 19.9 Å². The highest BCUT2D eigenvalue weighted by Gasteiger charge is 2.45. The Hall–Kier alpha value is -3.73. The quantitative estimate of drug-likeness (QED) is 0.491. The Bertz CT molecular complexity index is 1380. The van der Waals surface area contributed by atoms with E-state index in [1.54, 1.807) is 23.2 Å². The Morgan fingerprint density at radius 1 is 1.15 bits per heavy atom. The van der Waals surface area contributed by atoms with E-state index < -0.39 is 5.82 Å². The number of amides is 2. The van der Waals surface area contributed by atoms with Gasteiger partial charge in [-0.1, -0.05) is 32.0 Å². The molecule has 2 amide bonds. The molecule has 11 heteroatoms. The third-order valence-corrected chi connectivity index (χ3v) is 8.32. The number of benzene rings is 1. The van der Waals surface area contributed by atoms with Crippen LogP contribution in [-0.4, -0.2) is 71.0 Å². The summed E-state index contributed by atoms with van der Waals surface area (Å²) in [5, 5.41) is 6.77. The van der Waals surface area contributed by atoms with Gasteiger partial charge in [0.25, 0.3) is 0 Å². The van der Waals surface area contributed by atoms with Crippen LogP contribution >= 0.6 is 0 Å². The second-order valence-corrected chi connectivity index (χ2v) is 11.3. The summed E-state index contributed by atoms with van der Waals surface area (Å²) in [6.45, 7) is 9.83. The van der Waals surface area contributed by atoms with E-state index in [-0.39, 0.29) is 23.2 Å². The van der Waals surface area contributed by atoms with Gasteiger partial charge in [-0.25, -0.2) is 9.18 Å². The number of piperidine rings is 1. The first kappa shape index (κ1) is 26.5. The van der Waals surface area contributed by atoms with E-state index in [0.717, 1.165) is 49.5 Å². The molecular weight excluding hydrogens is 515 g/mol. The summed E-state index contributed by atoms with van der Waals surface area (Å²) >= 11 is 0. The predicted octanol–water partition coefficient (Wildman–Crippen LogP) is 4.87. The second-order valence-electron chi connectivity index (χ2n) is 11.3. The zero-order valence-corrected chi connectivity index (χ0v) is 23.2. The molecule has 0 radical (unpaired) electrons. The number of carbonyl (C=O) groups excluding carboxylic acids is 1. The highest BCUT2D eigenvalue weighted by atomic mass is 19.1. The van der Waals surface area contributed by atoms with Crippen molar-refractivity contribution < 1.29 is 23.2 Å². The van der Waals surface area contributed by atoms with Crippen LogP contribution in [0.4, 0.5) is 20.9 Å². The first-order valence-electron chi connectivity index (χ1n) is 14.0. The molecule has 10 nitrogen and oxygen atoms in total. The Labute approximate surface area is 232 Å². The van der Waals surface area contributed by atoms with E-state index >= 15 is 0 Å². The summed E-state index contributed by atoms with van der Waals surface area (Å²) in [6.07, 6.45) is 4.29. The molecular formula is C29H35FN6O4. The van der Waals surface area contributed by atoms with Crippen molar-refractivity contribution in [1.82, 2.24) is 20.0 Å². The molecule has 2 saturated heterocycles. The predicted molar refractivity (Wildman–Crippen MR) is 147 cm³/mol. The first-order valence-corrected chi connectivity index (χ1v) is 14.0. The summed E-state index contributed by atoms with van der Waals surface area (Å²) in [7, 11) is 0. The molecule has 1 unspecified atom stereocenters. The highest BCUT2D eigenvalue weighted by molar-refractivity contribution is 5.89. The van der Waals surface area contributed by atoms with Crippen molar-refractivity contribution in [3.8, 4) is 17.0 Å². The zero-order valence-electron chi connectivity index (χ0n) is 23.2. The van der Waals surface area contributed by atoms with E-state index in [4.69, 9.17) is 14.0 Å². The maximum atomic E-state index is 15.0. The van der Waals surface area contributed by atoms with Crippen molar-refractivity contribution in [3.05, 3.63) is 47.7 Å². The van der Waals surface area contributed by atoms with Gasteiger partial charge in [0.15, 0.2) is 5.82 Å². The molecule has 0 saturated carbocycles. The number of aromatic nitrogens is 3. The molecule has 2 fully saturated rings. The summed E-state index contributed by atoms with van der Waals surface area (Å²) in [5.74, 6) is 1.52. The molecule has 1 spiro atoms. The van der Waals surface area contributed by atoms with Gasteiger partial charge in [-0.3, -0.25) is 4.98 Å². The number of hydrogen-bond donors (Lipinski definition) is 1. The van der Waals surface area contributed by atoms with E-state index in [2.05, 4.69) is 32.3 Å². The molecule has 0 bridgehead atoms. The lowest BCUT2D eigenvalue weighted by Crippen LogP contribution is -2.54. The summed E-state index contributed by atoms with van der Waals surface area (Å²) < 4.78 is 32.4. The molecule has 212 valence electrons. The van der Waals surface area contributed by atoms with Crippen molar-refractivity contribution >= 4 is 17.7 Å². The van der Waals surface area contributed by atoms with Crippen LogP contribution < -0.4 is 15.0 Å². The maximum Gasteiger partial charge on any atom is 0.324 e. The highest BCUT2D eigenvalue weighted by Crippen LogP contribution is 2.44. The Kier molecular flexibility index (Phi) is 7.07. The summed E-state index contributed by atoms with van der Waals surface area (Å²) in [4.78, 5) is 25.4. The molecule has 5 heterocycles. The number of nitrogens with one attached hydrogen (secondary N) is 1. The zero-order chi connectivity index (χ0) is 27.9. The van der Waals surface area contributed by atoms with Crippen LogP contribution in [-0.2, 0) is 11.2 Å². The lowest BCUT2D eigenvalue weighted by molar-refractivity contribution is -0.0218. The molecule has 0 aliphatic carbocycles. The number of halogens is 1. The molecule has 1 atom stereocenters. The number of hydrogen-bond acceptors (Lipinski definition) is 8. The number of rotatable bonds is 4. The van der Waals surface area contributed by atoms with Crippen LogP contribution in [0, 0.1) is 11.7 Å². The lowest BCUT2D eigenvalue weighted by atomic mass is 9.75. The summed E-state index contributed by atoms with van der Waals surface area (Å²) in [6, 6.07) is 7.01. The number of fused-ring (bicyclic) bond motifs is 1. The molecule has 3 aliphatic heterocycles. The number of urea groups is 1. The van der Waals surface area contributed by atoms with Crippen molar-refractivity contribution in [1.29, 1.82) is 0 Å². The Morgan fingerprint density at radius 2 is 1.93 bits per heavy atom. The Balaban J connectivity index is 1.13. The largest absolute Gasteiger partial charge is 0.485 e. The number of ether oxygens (including phenoxy) is 2. The van der Waals surface area contributed by atoms with Gasteiger partial charge in [0.05, 0.1) is 30.8 Å². The lowest BCUT2D eigenvalue weighted by Gasteiger charge is -2.47. The fourth-order valence-electron chi connectivity index (χ4n) is 5.73. The molecule has 2 aromatic heterocycles. The van der Waals surface area contributed by atoms with Gasteiger partial charge in [-0.2, -0.15) is 4.98 Å². The van der Waals surface area contributed by atoms with Crippen LogP contribution in [0.3, 0.4) is 0 Å². The van der Waals surface area contributed by atoms with Crippen molar-refractivity contribution in [2.24, 2.45) is 5.92 Å². The van der Waals surface area contributed by atoms with Crippen LogP contribution in [0.15, 0.2) is 35.0 Å². The van der Waals surface area contributed by atoms with Crippen molar-refractivity contribution in [3.63, 3.8) is 0 Å². The van der Waals surface area contributed by atoms with E-state index in [9.17, 15) is 9.18 Å². The number of pyridine rings is 1. The third kappa shape index (κ3) is 5.10. The van der Waals surface area contributed by atoms with Gasteiger partial charge in [0.2, 0.25) is 0 Å². The van der Waals surface area contributed by atoms with Gasteiger partial charge in [0.1, 0.15) is 17.2 Å². The fraction of sp³-hybridized carbons (Fsp3) is 0.517. The maximum absolute atomic E-state index is 15.0. The third-order valence-electron chi connectivity index (χ3n) is 8.32. The molecule has 3 aromatic rings. The minimum Gasteiger partial charge on any atom is -0.485 e. The Morgan fingerprint density at radius 3 is 2.62 bits per heavy atom. The molecule has 3 aliphatic rings. The van der Waals surface area contributed by atoms with Gasteiger partial charge < -0.3 is 29.1 Å². The number of anilines is 2. The minimum absolute atomic E-state index is 0.143. The second kappa shape index (κ2) is 10.7. The van der Waals surface area contributed by atoms with Gasteiger partial charge >= 0.3 is 12.0 Å². The number of nitrogens with zero attached hydrogens (tertiary/aromatic N) is 5. The van der Waals surface area contributed by atoms with Crippen molar-refractivity contribution in [2.75, 3.05) is 49.6 Å². The standard InChI is InChI=1S/C29H35FN6O4/c1-18(2)26-33-28(40-34-26)36-8-6-29(7-9-36)19(3)14-21-16-24(31-17-25(21)39-29)20-4-5-23(22(30)15-20)32-27(37)35-10-12-38-13-11-35/h4-5,15-19H,6-14H2,1-3H3,(H,32,37). The van der Waals surface area contributed by atoms with Crippen LogP contribution in [0.5, 0.6) is 5.75 Å². The van der Waals surface area contributed by atoms with Crippen LogP contribution in [0.25, 0.3) is 11.3 Å². The molecule has 40 heavy (non-hydrogen) atoms. The van der Waals surface area contributed by atoms with Gasteiger partial charge in [-0.05, 0) is 30.2 Å². The topological polar surface area (TPSA) is 106 Å². The molecule has 1 aromatic carbocycles. The van der Waals surface area contributed by atoms with Gasteiger partial charge in [-0.15, -0.1) is 0 Å². The smallest absolute Gasteiger partial charge is 0.324 e. The normalized spacial score (nSPS) is 20.4. The van der Waals surface area contributed by atoms with Crippen molar-refractivity contribution in [2.45, 2.75) is 51.6 Å². The van der Waals surface area contributed by atoms with E-state index in [1.165, 1.54) is 6.07 Å². The van der Waals surface area contributed by atoms with Crippen LogP contribution in [0.1, 0.15) is 50.9 Å². The SMILES string of the molecule is CC(C)c1noc(N2CCC3(CC2)Oc2cnc(-c4ccc(NC(=O)N5CCOCC5)c(F)c4)cc2CC3C)n1.